The van der Waals surface area contributed by atoms with Crippen molar-refractivity contribution in [2.75, 3.05) is 4.90 Å². The van der Waals surface area contributed by atoms with Crippen molar-refractivity contribution in [2.24, 2.45) is 0 Å². The Morgan fingerprint density at radius 3 is 1.71 bits per heavy atom. The lowest BCUT2D eigenvalue weighted by Crippen LogP contribution is -2.26. The minimum Gasteiger partial charge on any atom is -0.309 e. The van der Waals surface area contributed by atoms with E-state index in [9.17, 15) is 0 Å². The summed E-state index contributed by atoms with van der Waals surface area (Å²) in [6.45, 7) is 4.71. The smallest absolute Gasteiger partial charge is 0.0582 e. The van der Waals surface area contributed by atoms with E-state index in [1.807, 2.05) is 0 Å². The Hall–Kier alpha value is -6.12. The number of para-hydroxylation sites is 2. The number of aromatic nitrogens is 1. The normalized spacial score (nSPS) is 13.3. The van der Waals surface area contributed by atoms with Gasteiger partial charge in [0, 0.05) is 32.6 Å². The SMILES string of the molecule is CC1(C)c2ccccc2-n2c3ccc(-c4ccc(N(c5cccc6ccccc56)c5cccc6ccccc56)cc4)cc3c3cccc1c32. The van der Waals surface area contributed by atoms with E-state index in [1.165, 1.54) is 82.7 Å². The summed E-state index contributed by atoms with van der Waals surface area (Å²) in [5, 5.41) is 7.52. The maximum Gasteiger partial charge on any atom is 0.0582 e. The second-order valence-corrected chi connectivity index (χ2v) is 13.8. The van der Waals surface area contributed by atoms with E-state index < -0.39 is 0 Å². The molecule has 49 heavy (non-hydrogen) atoms. The summed E-state index contributed by atoms with van der Waals surface area (Å²) < 4.78 is 2.49. The molecule has 0 aliphatic carbocycles. The summed E-state index contributed by atoms with van der Waals surface area (Å²) in [5.41, 5.74) is 12.4. The van der Waals surface area contributed by atoms with Gasteiger partial charge in [0.25, 0.3) is 0 Å². The van der Waals surface area contributed by atoms with Gasteiger partial charge in [0.1, 0.15) is 0 Å². The van der Waals surface area contributed by atoms with Crippen molar-refractivity contribution in [3.63, 3.8) is 0 Å². The van der Waals surface area contributed by atoms with Gasteiger partial charge in [-0.3, -0.25) is 0 Å². The highest BCUT2D eigenvalue weighted by Gasteiger charge is 2.34. The van der Waals surface area contributed by atoms with E-state index in [0.29, 0.717) is 0 Å². The molecule has 9 aromatic rings. The molecule has 1 aliphatic rings. The van der Waals surface area contributed by atoms with Crippen molar-refractivity contribution in [1.29, 1.82) is 0 Å². The van der Waals surface area contributed by atoms with Gasteiger partial charge in [0.15, 0.2) is 0 Å². The molecule has 8 aromatic carbocycles. The number of hydrogen-bond acceptors (Lipinski definition) is 1. The van der Waals surface area contributed by atoms with E-state index in [1.54, 1.807) is 0 Å². The van der Waals surface area contributed by atoms with Gasteiger partial charge in [0.2, 0.25) is 0 Å². The molecule has 0 fully saturated rings. The van der Waals surface area contributed by atoms with Crippen LogP contribution in [-0.2, 0) is 5.41 Å². The monoisotopic (exact) mass is 626 g/mol. The first kappa shape index (κ1) is 27.9. The Morgan fingerprint density at radius 1 is 0.449 bits per heavy atom. The van der Waals surface area contributed by atoms with Crippen molar-refractivity contribution in [1.82, 2.24) is 4.57 Å². The Kier molecular flexibility index (Phi) is 5.95. The molecule has 232 valence electrons. The van der Waals surface area contributed by atoms with Crippen LogP contribution >= 0.6 is 0 Å². The fourth-order valence-corrected chi connectivity index (χ4v) is 8.36. The van der Waals surface area contributed by atoms with E-state index in [4.69, 9.17) is 0 Å². The van der Waals surface area contributed by atoms with Gasteiger partial charge in [-0.15, -0.1) is 0 Å². The summed E-state index contributed by atoms with van der Waals surface area (Å²) in [7, 11) is 0. The first-order chi connectivity index (χ1) is 24.1. The van der Waals surface area contributed by atoms with E-state index in [2.05, 4.69) is 193 Å². The molecule has 2 nitrogen and oxygen atoms in total. The van der Waals surface area contributed by atoms with Gasteiger partial charge >= 0.3 is 0 Å². The lowest BCUT2D eigenvalue weighted by molar-refractivity contribution is 0.630. The number of anilines is 3. The van der Waals surface area contributed by atoms with Crippen LogP contribution in [0.4, 0.5) is 17.1 Å². The number of hydrogen-bond donors (Lipinski definition) is 0. The van der Waals surface area contributed by atoms with Crippen LogP contribution in [0, 0.1) is 0 Å². The molecule has 1 aliphatic heterocycles. The highest BCUT2D eigenvalue weighted by molar-refractivity contribution is 6.13. The number of benzene rings is 8. The van der Waals surface area contributed by atoms with Crippen molar-refractivity contribution < 1.29 is 0 Å². The number of fused-ring (bicyclic) bond motifs is 7. The minimum absolute atomic E-state index is 0.0703. The average Bonchev–Trinajstić information content (AvgIpc) is 3.49. The van der Waals surface area contributed by atoms with Gasteiger partial charge < -0.3 is 9.47 Å². The largest absolute Gasteiger partial charge is 0.309 e. The highest BCUT2D eigenvalue weighted by atomic mass is 15.1. The zero-order valence-electron chi connectivity index (χ0n) is 27.6. The predicted octanol–water partition coefficient (Wildman–Crippen LogP) is 12.9. The second kappa shape index (κ2) is 10.4. The third kappa shape index (κ3) is 4.07. The predicted molar refractivity (Wildman–Crippen MR) is 208 cm³/mol. The molecule has 0 radical (unpaired) electrons. The van der Waals surface area contributed by atoms with Gasteiger partial charge in [-0.25, -0.2) is 0 Å². The molecule has 1 aromatic heterocycles. The topological polar surface area (TPSA) is 8.17 Å². The maximum absolute atomic E-state index is 2.49. The quantitative estimate of drug-likeness (QED) is 0.189. The summed E-state index contributed by atoms with van der Waals surface area (Å²) in [5.74, 6) is 0. The summed E-state index contributed by atoms with van der Waals surface area (Å²) >= 11 is 0. The molecule has 10 rings (SSSR count). The van der Waals surface area contributed by atoms with Crippen LogP contribution in [-0.4, -0.2) is 4.57 Å². The van der Waals surface area contributed by atoms with Crippen molar-refractivity contribution in [3.8, 4) is 16.8 Å². The third-order valence-corrected chi connectivity index (χ3v) is 10.8. The highest BCUT2D eigenvalue weighted by Crippen LogP contribution is 2.48. The van der Waals surface area contributed by atoms with Crippen LogP contribution in [0.2, 0.25) is 0 Å². The molecule has 2 heterocycles. The molecule has 0 amide bonds. The van der Waals surface area contributed by atoms with Crippen LogP contribution in [0.5, 0.6) is 0 Å². The summed E-state index contributed by atoms with van der Waals surface area (Å²) in [6, 6.07) is 62.4. The molecule has 2 heteroatoms. The molecule has 0 saturated carbocycles. The molecule has 0 atom stereocenters. The molecule has 0 bridgehead atoms. The first-order valence-electron chi connectivity index (χ1n) is 17.1. The molecular weight excluding hydrogens is 593 g/mol. The van der Waals surface area contributed by atoms with Crippen molar-refractivity contribution in [3.05, 3.63) is 181 Å². The van der Waals surface area contributed by atoms with Crippen LogP contribution in [0.25, 0.3) is 60.2 Å². The Morgan fingerprint density at radius 2 is 1.00 bits per heavy atom. The number of rotatable bonds is 4. The van der Waals surface area contributed by atoms with Gasteiger partial charge in [-0.1, -0.05) is 141 Å². The molecule has 0 N–H and O–H groups in total. The van der Waals surface area contributed by atoms with E-state index in [0.717, 1.165) is 5.69 Å². The van der Waals surface area contributed by atoms with Crippen LogP contribution in [0.3, 0.4) is 0 Å². The standard InChI is InChI=1S/C47H34N2/c1-47(2)40-19-7-8-21-45(40)49-44-29-26-34(30-39(44)38-18-11-20-41(47)46(38)49)31-24-27-35(28-25-31)48(42-22-9-14-32-12-3-5-16-36(32)42)43-23-10-15-33-13-4-6-17-37(33)43/h3-30H,1-2H3. The lowest BCUT2D eigenvalue weighted by Gasteiger charge is -2.34. The summed E-state index contributed by atoms with van der Waals surface area (Å²) in [4.78, 5) is 2.42. The van der Waals surface area contributed by atoms with Gasteiger partial charge in [-0.05, 0) is 75.5 Å². The summed E-state index contributed by atoms with van der Waals surface area (Å²) in [6.07, 6.45) is 0. The van der Waals surface area contributed by atoms with Crippen molar-refractivity contribution in [2.45, 2.75) is 19.3 Å². The maximum atomic E-state index is 2.49. The zero-order valence-corrected chi connectivity index (χ0v) is 27.6. The van der Waals surface area contributed by atoms with Crippen LogP contribution in [0.1, 0.15) is 25.0 Å². The Balaban J connectivity index is 1.14. The van der Waals surface area contributed by atoms with Crippen molar-refractivity contribution >= 4 is 60.4 Å². The molecule has 0 unspecified atom stereocenters. The lowest BCUT2D eigenvalue weighted by atomic mass is 9.75. The van der Waals surface area contributed by atoms with E-state index >= 15 is 0 Å². The Bertz CT molecular complexity index is 2660. The molecule has 0 spiro atoms. The fraction of sp³-hybridized carbons (Fsp3) is 0.0638. The number of nitrogens with zero attached hydrogens (tertiary/aromatic N) is 2. The average molecular weight is 627 g/mol. The molecule has 0 saturated heterocycles. The molecular formula is C47H34N2. The van der Waals surface area contributed by atoms with Crippen LogP contribution in [0.15, 0.2) is 170 Å². The minimum atomic E-state index is -0.0703. The first-order valence-corrected chi connectivity index (χ1v) is 17.1. The Labute approximate surface area is 286 Å². The van der Waals surface area contributed by atoms with E-state index in [-0.39, 0.29) is 5.41 Å². The van der Waals surface area contributed by atoms with Crippen LogP contribution < -0.4 is 4.90 Å². The van der Waals surface area contributed by atoms with Gasteiger partial charge in [0.05, 0.1) is 28.1 Å². The van der Waals surface area contributed by atoms with Gasteiger partial charge in [-0.2, -0.15) is 0 Å². The zero-order chi connectivity index (χ0) is 32.7. The second-order valence-electron chi connectivity index (χ2n) is 13.8. The fourth-order valence-electron chi connectivity index (χ4n) is 8.36. The third-order valence-electron chi connectivity index (χ3n) is 10.8.